The third kappa shape index (κ3) is 5.56. The van der Waals surface area contributed by atoms with Gasteiger partial charge in [-0.25, -0.2) is 9.38 Å². The van der Waals surface area contributed by atoms with Gasteiger partial charge in [0.05, 0.1) is 17.7 Å². The highest BCUT2D eigenvalue weighted by atomic mass is 35.5. The Bertz CT molecular complexity index is 1280. The zero-order valence-electron chi connectivity index (χ0n) is 17.9. The first-order valence-corrected chi connectivity index (χ1v) is 11.2. The van der Waals surface area contributed by atoms with Crippen LogP contribution in [0.2, 0.25) is 5.02 Å². The van der Waals surface area contributed by atoms with Crippen LogP contribution >= 0.6 is 23.4 Å². The summed E-state index contributed by atoms with van der Waals surface area (Å²) in [5.74, 6) is 0.480. The molecular formula is C25H20ClFN2O3S. The van der Waals surface area contributed by atoms with Crippen molar-refractivity contribution in [1.29, 1.82) is 0 Å². The van der Waals surface area contributed by atoms with E-state index in [4.69, 9.17) is 21.1 Å². The predicted molar refractivity (Wildman–Crippen MR) is 131 cm³/mol. The van der Waals surface area contributed by atoms with E-state index >= 15 is 0 Å². The van der Waals surface area contributed by atoms with Crippen molar-refractivity contribution in [1.82, 2.24) is 5.32 Å². The first-order valence-electron chi connectivity index (χ1n) is 10.0. The summed E-state index contributed by atoms with van der Waals surface area (Å²) >= 11 is 7.41. The molecule has 0 atom stereocenters. The van der Waals surface area contributed by atoms with E-state index < -0.39 is 0 Å². The van der Waals surface area contributed by atoms with Gasteiger partial charge < -0.3 is 14.8 Å². The number of hydrogen-bond acceptors (Lipinski definition) is 5. The molecule has 1 aliphatic heterocycles. The van der Waals surface area contributed by atoms with Crippen molar-refractivity contribution in [2.45, 2.75) is 13.5 Å². The molecule has 1 fully saturated rings. The highest BCUT2D eigenvalue weighted by Crippen LogP contribution is 2.33. The lowest BCUT2D eigenvalue weighted by molar-refractivity contribution is -0.115. The molecule has 0 radical (unpaired) electrons. The van der Waals surface area contributed by atoms with Gasteiger partial charge in [0.2, 0.25) is 0 Å². The molecule has 1 heterocycles. The molecule has 0 unspecified atom stereocenters. The number of benzene rings is 3. The van der Waals surface area contributed by atoms with E-state index in [9.17, 15) is 9.18 Å². The van der Waals surface area contributed by atoms with Gasteiger partial charge in [-0.1, -0.05) is 35.9 Å². The van der Waals surface area contributed by atoms with Gasteiger partial charge in [0, 0.05) is 5.02 Å². The number of nitrogens with one attached hydrogen (secondary N) is 1. The molecule has 8 heteroatoms. The van der Waals surface area contributed by atoms with Gasteiger partial charge in [0.1, 0.15) is 12.4 Å². The lowest BCUT2D eigenvalue weighted by Gasteiger charge is -2.11. The van der Waals surface area contributed by atoms with E-state index in [1.807, 2.05) is 25.1 Å². The van der Waals surface area contributed by atoms with E-state index in [0.717, 1.165) is 11.1 Å². The summed E-state index contributed by atoms with van der Waals surface area (Å²) in [7, 11) is 1.54. The van der Waals surface area contributed by atoms with Gasteiger partial charge in [-0.15, -0.1) is 0 Å². The van der Waals surface area contributed by atoms with Gasteiger partial charge in [-0.2, -0.15) is 0 Å². The lowest BCUT2D eigenvalue weighted by atomic mass is 10.2. The topological polar surface area (TPSA) is 59.9 Å². The van der Waals surface area contributed by atoms with E-state index in [1.54, 1.807) is 36.4 Å². The largest absolute Gasteiger partial charge is 0.493 e. The number of aliphatic imine (C=N–C) groups is 1. The van der Waals surface area contributed by atoms with Gasteiger partial charge in [-0.05, 0) is 77.9 Å². The van der Waals surface area contributed by atoms with Crippen LogP contribution < -0.4 is 14.8 Å². The number of hydrogen-bond donors (Lipinski definition) is 1. The highest BCUT2D eigenvalue weighted by Gasteiger charge is 2.24. The summed E-state index contributed by atoms with van der Waals surface area (Å²) in [6.07, 6.45) is 1.76. The van der Waals surface area contributed by atoms with Crippen LogP contribution in [-0.4, -0.2) is 18.2 Å². The van der Waals surface area contributed by atoms with Gasteiger partial charge in [0.15, 0.2) is 16.7 Å². The fraction of sp³-hybridized carbons (Fsp3) is 0.120. The lowest BCUT2D eigenvalue weighted by Crippen LogP contribution is -2.19. The third-order valence-electron chi connectivity index (χ3n) is 4.88. The molecule has 0 spiro atoms. The van der Waals surface area contributed by atoms with Crippen LogP contribution in [0.25, 0.3) is 6.08 Å². The number of amidine groups is 1. The maximum absolute atomic E-state index is 13.4. The van der Waals surface area contributed by atoms with Crippen molar-refractivity contribution in [3.05, 3.63) is 93.1 Å². The van der Waals surface area contributed by atoms with E-state index in [1.165, 1.54) is 31.0 Å². The molecule has 33 heavy (non-hydrogen) atoms. The SMILES string of the molecule is COc1cc(/C=C2/SC(=Nc3cccc(Cl)c3C)NC2=O)ccc1OCc1cccc(F)c1. The predicted octanol–water partition coefficient (Wildman–Crippen LogP) is 6.27. The van der Waals surface area contributed by atoms with E-state index in [-0.39, 0.29) is 18.3 Å². The summed E-state index contributed by atoms with van der Waals surface area (Å²) in [4.78, 5) is 17.5. The Hall–Kier alpha value is -3.29. The molecular weight excluding hydrogens is 463 g/mol. The van der Waals surface area contributed by atoms with Crippen LogP contribution in [0.1, 0.15) is 16.7 Å². The quantitative estimate of drug-likeness (QED) is 0.421. The van der Waals surface area contributed by atoms with Crippen molar-refractivity contribution in [2.75, 3.05) is 7.11 Å². The Morgan fingerprint density at radius 1 is 1.12 bits per heavy atom. The second kappa shape index (κ2) is 10.1. The number of methoxy groups -OCH3 is 1. The molecule has 0 bridgehead atoms. The monoisotopic (exact) mass is 482 g/mol. The van der Waals surface area contributed by atoms with Gasteiger partial charge in [0.25, 0.3) is 5.91 Å². The minimum Gasteiger partial charge on any atom is -0.493 e. The minimum atomic E-state index is -0.314. The molecule has 1 N–H and O–H groups in total. The summed E-state index contributed by atoms with van der Waals surface area (Å²) in [5, 5.41) is 3.88. The first kappa shape index (κ1) is 22.9. The Balaban J connectivity index is 1.50. The number of amides is 1. The van der Waals surface area contributed by atoms with Crippen molar-refractivity contribution in [3.63, 3.8) is 0 Å². The standard InChI is InChI=1S/C25H20ClFN2O3S/c1-15-19(26)7-4-8-20(15)28-25-29-24(30)23(33-25)13-16-9-10-21(22(12-16)31-2)32-14-17-5-3-6-18(27)11-17/h3-13H,14H2,1-2H3,(H,28,29,30)/b23-13+. The molecule has 4 rings (SSSR count). The minimum absolute atomic E-state index is 0.204. The number of nitrogens with zero attached hydrogens (tertiary/aromatic N) is 1. The molecule has 1 amide bonds. The second-order valence-electron chi connectivity index (χ2n) is 7.19. The fourth-order valence-electron chi connectivity index (χ4n) is 3.14. The van der Waals surface area contributed by atoms with Crippen molar-refractivity contribution < 1.29 is 18.7 Å². The summed E-state index contributed by atoms with van der Waals surface area (Å²) in [5.41, 5.74) is 3.03. The molecule has 3 aromatic rings. The van der Waals surface area contributed by atoms with E-state index in [2.05, 4.69) is 10.3 Å². The molecule has 1 aliphatic rings. The average Bonchev–Trinajstić information content (AvgIpc) is 3.14. The molecule has 168 valence electrons. The maximum Gasteiger partial charge on any atom is 0.264 e. The Morgan fingerprint density at radius 3 is 2.73 bits per heavy atom. The number of ether oxygens (including phenoxy) is 2. The summed E-state index contributed by atoms with van der Waals surface area (Å²) < 4.78 is 24.6. The average molecular weight is 483 g/mol. The molecule has 0 aromatic heterocycles. The molecule has 0 saturated carbocycles. The second-order valence-corrected chi connectivity index (χ2v) is 8.63. The fourth-order valence-corrected chi connectivity index (χ4v) is 4.14. The first-order chi connectivity index (χ1) is 15.9. The van der Waals surface area contributed by atoms with Crippen molar-refractivity contribution in [2.24, 2.45) is 4.99 Å². The molecule has 3 aromatic carbocycles. The van der Waals surface area contributed by atoms with Crippen molar-refractivity contribution in [3.8, 4) is 11.5 Å². The van der Waals surface area contributed by atoms with Crippen LogP contribution in [0.4, 0.5) is 10.1 Å². The molecule has 5 nitrogen and oxygen atoms in total. The molecule has 1 saturated heterocycles. The number of halogens is 2. The summed E-state index contributed by atoms with van der Waals surface area (Å²) in [6, 6.07) is 17.0. The van der Waals surface area contributed by atoms with Gasteiger partial charge >= 0.3 is 0 Å². The maximum atomic E-state index is 13.4. The number of carbonyl (C=O) groups excluding carboxylic acids is 1. The van der Waals surface area contributed by atoms with Crippen molar-refractivity contribution >= 4 is 46.2 Å². The zero-order valence-corrected chi connectivity index (χ0v) is 19.5. The number of rotatable bonds is 6. The Kier molecular flexibility index (Phi) is 7.01. The van der Waals surface area contributed by atoms with Crippen LogP contribution in [0.3, 0.4) is 0 Å². The van der Waals surface area contributed by atoms with Crippen LogP contribution in [0.5, 0.6) is 11.5 Å². The van der Waals surface area contributed by atoms with Crippen LogP contribution in [-0.2, 0) is 11.4 Å². The van der Waals surface area contributed by atoms with E-state index in [0.29, 0.717) is 37.8 Å². The Morgan fingerprint density at radius 2 is 1.94 bits per heavy atom. The third-order valence-corrected chi connectivity index (χ3v) is 6.20. The van der Waals surface area contributed by atoms with Crippen LogP contribution in [0.15, 0.2) is 70.6 Å². The normalized spacial score (nSPS) is 15.7. The summed E-state index contributed by atoms with van der Waals surface area (Å²) in [6.45, 7) is 2.08. The zero-order chi connectivity index (χ0) is 23.4. The van der Waals surface area contributed by atoms with Gasteiger partial charge in [-0.3, -0.25) is 4.79 Å². The Labute approximate surface area is 200 Å². The number of thioether (sulfide) groups is 1. The highest BCUT2D eigenvalue weighted by molar-refractivity contribution is 8.18. The number of carbonyl (C=O) groups is 1. The smallest absolute Gasteiger partial charge is 0.264 e. The molecule has 0 aliphatic carbocycles. The van der Waals surface area contributed by atoms with Crippen LogP contribution in [0, 0.1) is 12.7 Å².